The van der Waals surface area contributed by atoms with Crippen molar-refractivity contribution >= 4 is 17.5 Å². The summed E-state index contributed by atoms with van der Waals surface area (Å²) < 4.78 is 0. The Bertz CT molecular complexity index is 571. The molecular weight excluding hydrogens is 280 g/mol. The molecule has 0 aromatic heterocycles. The normalized spacial score (nSPS) is 14.2. The molecule has 22 heavy (non-hydrogen) atoms. The van der Waals surface area contributed by atoms with Gasteiger partial charge in [-0.1, -0.05) is 38.6 Å². The number of benzene rings is 1. The minimum atomic E-state index is -0.898. The van der Waals surface area contributed by atoms with Crippen molar-refractivity contribution in [3.05, 3.63) is 42.0 Å². The third-order valence-electron chi connectivity index (χ3n) is 4.27. The van der Waals surface area contributed by atoms with Crippen LogP contribution in [0.2, 0.25) is 0 Å². The van der Waals surface area contributed by atoms with Crippen molar-refractivity contribution in [2.45, 2.75) is 32.3 Å². The van der Waals surface area contributed by atoms with E-state index in [1.807, 2.05) is 26.0 Å². The van der Waals surface area contributed by atoms with E-state index in [0.717, 1.165) is 5.56 Å². The van der Waals surface area contributed by atoms with Gasteiger partial charge in [0.15, 0.2) is 0 Å². The second-order valence-electron chi connectivity index (χ2n) is 5.59. The van der Waals surface area contributed by atoms with Crippen molar-refractivity contribution in [1.82, 2.24) is 10.2 Å². The lowest BCUT2D eigenvalue weighted by atomic mass is 9.98. The number of carbonyl (C=O) groups excluding carboxylic acids is 2. The van der Waals surface area contributed by atoms with Crippen LogP contribution in [0.25, 0.3) is 5.70 Å². The predicted molar refractivity (Wildman–Crippen MR) is 85.1 cm³/mol. The SMILES string of the molecule is C=C1c2ccccc2C(=O)N1CC(=O)NCC(O)(CC)CC. The zero-order valence-electron chi connectivity index (χ0n) is 13.1. The maximum absolute atomic E-state index is 12.3. The summed E-state index contributed by atoms with van der Waals surface area (Å²) in [6, 6.07) is 7.17. The van der Waals surface area contributed by atoms with Crippen molar-refractivity contribution in [3.8, 4) is 0 Å². The minimum Gasteiger partial charge on any atom is -0.388 e. The van der Waals surface area contributed by atoms with Crippen LogP contribution in [0.15, 0.2) is 30.8 Å². The van der Waals surface area contributed by atoms with Crippen LogP contribution < -0.4 is 5.32 Å². The Morgan fingerprint density at radius 2 is 1.86 bits per heavy atom. The third kappa shape index (κ3) is 3.04. The van der Waals surface area contributed by atoms with Gasteiger partial charge < -0.3 is 10.4 Å². The lowest BCUT2D eigenvalue weighted by Gasteiger charge is -2.26. The van der Waals surface area contributed by atoms with Gasteiger partial charge in [0.05, 0.1) is 5.60 Å². The predicted octanol–water partition coefficient (Wildman–Crippen LogP) is 1.78. The number of amides is 2. The molecule has 0 bridgehead atoms. The van der Waals surface area contributed by atoms with E-state index in [2.05, 4.69) is 11.9 Å². The number of nitrogens with one attached hydrogen (secondary N) is 1. The highest BCUT2D eigenvalue weighted by molar-refractivity contribution is 6.10. The van der Waals surface area contributed by atoms with Gasteiger partial charge in [-0.3, -0.25) is 14.5 Å². The average Bonchev–Trinajstić information content (AvgIpc) is 2.78. The monoisotopic (exact) mass is 302 g/mol. The summed E-state index contributed by atoms with van der Waals surface area (Å²) in [4.78, 5) is 25.7. The van der Waals surface area contributed by atoms with E-state index >= 15 is 0 Å². The summed E-state index contributed by atoms with van der Waals surface area (Å²) in [5.41, 5.74) is 0.972. The molecule has 0 unspecified atom stereocenters. The number of rotatable bonds is 6. The number of nitrogens with zero attached hydrogens (tertiary/aromatic N) is 1. The van der Waals surface area contributed by atoms with E-state index in [4.69, 9.17) is 0 Å². The standard InChI is InChI=1S/C17H22N2O3/c1-4-17(22,5-2)11-18-15(20)10-19-12(3)13-8-6-7-9-14(13)16(19)21/h6-9,22H,3-5,10-11H2,1-2H3,(H,18,20). The molecule has 0 saturated carbocycles. The second-order valence-corrected chi connectivity index (χ2v) is 5.59. The van der Waals surface area contributed by atoms with Gasteiger partial charge in [-0.2, -0.15) is 0 Å². The van der Waals surface area contributed by atoms with E-state index < -0.39 is 5.60 Å². The molecule has 5 nitrogen and oxygen atoms in total. The fraction of sp³-hybridized carbons (Fsp3) is 0.412. The minimum absolute atomic E-state index is 0.0874. The summed E-state index contributed by atoms with van der Waals surface area (Å²) in [5.74, 6) is -0.514. The first-order valence-corrected chi connectivity index (χ1v) is 7.51. The molecular formula is C17H22N2O3. The molecule has 0 spiro atoms. The Labute approximate surface area is 130 Å². The first-order chi connectivity index (χ1) is 10.4. The van der Waals surface area contributed by atoms with Crippen LogP contribution in [0.4, 0.5) is 0 Å². The number of hydrogen-bond donors (Lipinski definition) is 2. The maximum atomic E-state index is 12.3. The quantitative estimate of drug-likeness (QED) is 0.841. The highest BCUT2D eigenvalue weighted by atomic mass is 16.3. The molecule has 2 rings (SSSR count). The third-order valence-corrected chi connectivity index (χ3v) is 4.27. The first-order valence-electron chi connectivity index (χ1n) is 7.51. The van der Waals surface area contributed by atoms with Crippen LogP contribution in [-0.2, 0) is 4.79 Å². The summed E-state index contributed by atoms with van der Waals surface area (Å²) in [6.07, 6.45) is 1.12. The lowest BCUT2D eigenvalue weighted by Crippen LogP contribution is -2.45. The highest BCUT2D eigenvalue weighted by Gasteiger charge is 2.32. The van der Waals surface area contributed by atoms with Crippen LogP contribution >= 0.6 is 0 Å². The van der Waals surface area contributed by atoms with Crippen molar-refractivity contribution < 1.29 is 14.7 Å². The summed E-state index contributed by atoms with van der Waals surface area (Å²) in [6.45, 7) is 7.74. The average molecular weight is 302 g/mol. The smallest absolute Gasteiger partial charge is 0.259 e. The number of carbonyl (C=O) groups is 2. The molecule has 0 saturated heterocycles. The van der Waals surface area contributed by atoms with Gasteiger partial charge in [0.1, 0.15) is 6.54 Å². The molecule has 2 N–H and O–H groups in total. The molecule has 118 valence electrons. The molecule has 1 heterocycles. The number of hydrogen-bond acceptors (Lipinski definition) is 3. The van der Waals surface area contributed by atoms with E-state index in [-0.39, 0.29) is 24.9 Å². The molecule has 0 aliphatic carbocycles. The van der Waals surface area contributed by atoms with Crippen LogP contribution in [-0.4, -0.2) is 40.5 Å². The van der Waals surface area contributed by atoms with Crippen LogP contribution in [0.5, 0.6) is 0 Å². The van der Waals surface area contributed by atoms with Gasteiger partial charge in [-0.05, 0) is 18.9 Å². The molecule has 5 heteroatoms. The molecule has 0 atom stereocenters. The number of aliphatic hydroxyl groups is 1. The molecule has 0 fully saturated rings. The van der Waals surface area contributed by atoms with E-state index in [0.29, 0.717) is 24.1 Å². The van der Waals surface area contributed by atoms with E-state index in [1.54, 1.807) is 12.1 Å². The molecule has 1 aliphatic rings. The summed E-state index contributed by atoms with van der Waals surface area (Å²) in [7, 11) is 0. The first kappa shape index (κ1) is 16.2. The Morgan fingerprint density at radius 1 is 1.27 bits per heavy atom. The number of fused-ring (bicyclic) bond motifs is 1. The van der Waals surface area contributed by atoms with E-state index in [1.165, 1.54) is 4.90 Å². The largest absolute Gasteiger partial charge is 0.388 e. The van der Waals surface area contributed by atoms with E-state index in [9.17, 15) is 14.7 Å². The molecule has 0 radical (unpaired) electrons. The van der Waals surface area contributed by atoms with Crippen LogP contribution in [0, 0.1) is 0 Å². The molecule has 2 amide bonds. The van der Waals surface area contributed by atoms with Gasteiger partial charge in [-0.15, -0.1) is 0 Å². The Morgan fingerprint density at radius 3 is 2.41 bits per heavy atom. The van der Waals surface area contributed by atoms with Crippen LogP contribution in [0.1, 0.15) is 42.6 Å². The van der Waals surface area contributed by atoms with Crippen molar-refractivity contribution in [2.75, 3.05) is 13.1 Å². The zero-order valence-corrected chi connectivity index (χ0v) is 13.1. The van der Waals surface area contributed by atoms with Crippen molar-refractivity contribution in [3.63, 3.8) is 0 Å². The van der Waals surface area contributed by atoms with Crippen LogP contribution in [0.3, 0.4) is 0 Å². The van der Waals surface area contributed by atoms with Crippen molar-refractivity contribution in [2.24, 2.45) is 0 Å². The van der Waals surface area contributed by atoms with Gasteiger partial charge in [0.2, 0.25) is 5.91 Å². The van der Waals surface area contributed by atoms with Gasteiger partial charge in [0.25, 0.3) is 5.91 Å². The Balaban J connectivity index is 1.99. The summed E-state index contributed by atoms with van der Waals surface area (Å²) >= 11 is 0. The Hall–Kier alpha value is -2.14. The van der Waals surface area contributed by atoms with Crippen molar-refractivity contribution in [1.29, 1.82) is 0 Å². The Kier molecular flexibility index (Phi) is 4.66. The van der Waals surface area contributed by atoms with Gasteiger partial charge in [-0.25, -0.2) is 0 Å². The lowest BCUT2D eigenvalue weighted by molar-refractivity contribution is -0.122. The summed E-state index contributed by atoms with van der Waals surface area (Å²) in [5, 5.41) is 12.9. The van der Waals surface area contributed by atoms with Gasteiger partial charge in [0, 0.05) is 23.4 Å². The van der Waals surface area contributed by atoms with Gasteiger partial charge >= 0.3 is 0 Å². The second kappa shape index (κ2) is 6.32. The highest BCUT2D eigenvalue weighted by Crippen LogP contribution is 2.30. The topological polar surface area (TPSA) is 69.6 Å². The molecule has 1 aromatic carbocycles. The fourth-order valence-corrected chi connectivity index (χ4v) is 2.46. The maximum Gasteiger partial charge on any atom is 0.259 e. The zero-order chi connectivity index (χ0) is 16.3. The fourth-order valence-electron chi connectivity index (χ4n) is 2.46. The molecule has 1 aromatic rings. The molecule has 1 aliphatic heterocycles.